The number of fused-ring (bicyclic) bond motifs is 1. The lowest BCUT2D eigenvalue weighted by atomic mass is 9.91. The molecule has 0 fully saturated rings. The van der Waals surface area contributed by atoms with E-state index < -0.39 is 6.36 Å². The molecule has 1 aliphatic rings. The smallest absolute Gasteiger partial charge is 0.406 e. The van der Waals surface area contributed by atoms with E-state index in [1.54, 1.807) is 26.2 Å². The van der Waals surface area contributed by atoms with Crippen molar-refractivity contribution in [3.8, 4) is 5.75 Å². The molecule has 9 heteroatoms. The lowest BCUT2D eigenvalue weighted by Gasteiger charge is -2.25. The first kappa shape index (κ1) is 23.8. The van der Waals surface area contributed by atoms with Crippen LogP contribution in [0.4, 0.5) is 13.2 Å². The zero-order valence-electron chi connectivity index (χ0n) is 19.1. The number of carbonyl (C=O) groups is 1. The predicted molar refractivity (Wildman–Crippen MR) is 122 cm³/mol. The van der Waals surface area contributed by atoms with Crippen LogP contribution in [0.15, 0.2) is 54.6 Å². The second-order valence-electron chi connectivity index (χ2n) is 8.63. The van der Waals surface area contributed by atoms with Crippen LogP contribution in [-0.4, -0.2) is 47.1 Å². The Labute approximate surface area is 196 Å². The number of aromatic nitrogens is 2. The summed E-state index contributed by atoms with van der Waals surface area (Å²) < 4.78 is 42.9. The molecule has 0 radical (unpaired) electrons. The number of hydrogen-bond donors (Lipinski definition) is 1. The Balaban J connectivity index is 1.47. The minimum atomic E-state index is -4.70. The van der Waals surface area contributed by atoms with Crippen LogP contribution in [0.1, 0.15) is 39.3 Å². The van der Waals surface area contributed by atoms with Crippen molar-refractivity contribution in [2.24, 2.45) is 0 Å². The summed E-state index contributed by atoms with van der Waals surface area (Å²) in [5, 5.41) is 8.17. The molecule has 4 rings (SSSR count). The number of alkyl halides is 3. The van der Waals surface area contributed by atoms with Crippen LogP contribution in [0.25, 0.3) is 0 Å². The molecule has 1 atom stereocenters. The van der Waals surface area contributed by atoms with Gasteiger partial charge in [0, 0.05) is 37.9 Å². The highest BCUT2D eigenvalue weighted by atomic mass is 19.4. The quantitative estimate of drug-likeness (QED) is 0.561. The van der Waals surface area contributed by atoms with E-state index in [0.29, 0.717) is 25.2 Å². The number of ether oxygens (including phenoxy) is 1. The van der Waals surface area contributed by atoms with Gasteiger partial charge in [0.05, 0.1) is 6.54 Å². The van der Waals surface area contributed by atoms with Gasteiger partial charge in [-0.25, -0.2) is 0 Å². The van der Waals surface area contributed by atoms with Crippen molar-refractivity contribution < 1.29 is 22.7 Å². The maximum Gasteiger partial charge on any atom is 0.573 e. The molecular weight excluding hydrogens is 445 g/mol. The number of hydrogen-bond acceptors (Lipinski definition) is 4. The summed E-state index contributed by atoms with van der Waals surface area (Å²) in [6.45, 7) is 1.11. The fourth-order valence-corrected chi connectivity index (χ4v) is 4.20. The normalized spacial score (nSPS) is 15.6. The SMILES string of the molecule is CN(C)C(=O)c1nn(Cc2ccccc2)c2c1CC(NCc1ccc(OC(F)(F)F)cc1)CC2. The number of amides is 1. The molecule has 6 nitrogen and oxygen atoms in total. The molecule has 0 bridgehead atoms. The van der Waals surface area contributed by atoms with Crippen LogP contribution in [-0.2, 0) is 25.9 Å². The number of rotatable bonds is 7. The zero-order chi connectivity index (χ0) is 24.3. The topological polar surface area (TPSA) is 59.4 Å². The van der Waals surface area contributed by atoms with Crippen molar-refractivity contribution in [1.82, 2.24) is 20.0 Å². The number of nitrogens with zero attached hydrogens (tertiary/aromatic N) is 3. The van der Waals surface area contributed by atoms with E-state index in [2.05, 4.69) is 10.1 Å². The third-order valence-electron chi connectivity index (χ3n) is 5.88. The Morgan fingerprint density at radius 1 is 1.12 bits per heavy atom. The van der Waals surface area contributed by atoms with E-state index >= 15 is 0 Å². The van der Waals surface area contributed by atoms with Gasteiger partial charge in [-0.05, 0) is 42.5 Å². The van der Waals surface area contributed by atoms with E-state index in [4.69, 9.17) is 5.10 Å². The lowest BCUT2D eigenvalue weighted by Crippen LogP contribution is -2.35. The summed E-state index contributed by atoms with van der Waals surface area (Å²) in [6, 6.07) is 16.0. The molecule has 1 heterocycles. The lowest BCUT2D eigenvalue weighted by molar-refractivity contribution is -0.274. The second-order valence-corrected chi connectivity index (χ2v) is 8.63. The van der Waals surface area contributed by atoms with Crippen LogP contribution in [0.3, 0.4) is 0 Å². The molecule has 0 spiro atoms. The molecule has 1 aromatic heterocycles. The minimum Gasteiger partial charge on any atom is -0.406 e. The Morgan fingerprint density at radius 2 is 1.82 bits per heavy atom. The average Bonchev–Trinajstić information content (AvgIpc) is 3.15. The van der Waals surface area contributed by atoms with Gasteiger partial charge < -0.3 is 15.0 Å². The Kier molecular flexibility index (Phi) is 6.92. The monoisotopic (exact) mass is 472 g/mol. The second kappa shape index (κ2) is 9.89. The summed E-state index contributed by atoms with van der Waals surface area (Å²) in [4.78, 5) is 14.4. The van der Waals surface area contributed by atoms with Crippen LogP contribution in [0, 0.1) is 0 Å². The number of benzene rings is 2. The first-order chi connectivity index (χ1) is 16.2. The third-order valence-corrected chi connectivity index (χ3v) is 5.88. The fraction of sp³-hybridized carbons (Fsp3) is 0.360. The molecular formula is C25H27F3N4O2. The van der Waals surface area contributed by atoms with Crippen LogP contribution in [0.2, 0.25) is 0 Å². The van der Waals surface area contributed by atoms with E-state index in [1.165, 1.54) is 17.0 Å². The molecule has 0 saturated carbocycles. The molecule has 1 unspecified atom stereocenters. The van der Waals surface area contributed by atoms with Gasteiger partial charge in [-0.1, -0.05) is 42.5 Å². The van der Waals surface area contributed by atoms with Crippen molar-refractivity contribution in [2.45, 2.75) is 44.8 Å². The highest BCUT2D eigenvalue weighted by molar-refractivity contribution is 5.93. The van der Waals surface area contributed by atoms with Crippen LogP contribution >= 0.6 is 0 Å². The van der Waals surface area contributed by atoms with Gasteiger partial charge >= 0.3 is 6.36 Å². The number of carbonyl (C=O) groups excluding carboxylic acids is 1. The molecule has 1 amide bonds. The maximum atomic E-state index is 12.8. The summed E-state index contributed by atoms with van der Waals surface area (Å²) in [5.41, 5.74) is 4.50. The van der Waals surface area contributed by atoms with Crippen molar-refractivity contribution in [3.05, 3.63) is 82.7 Å². The average molecular weight is 473 g/mol. The van der Waals surface area contributed by atoms with Crippen molar-refractivity contribution >= 4 is 5.91 Å². The minimum absolute atomic E-state index is 0.121. The van der Waals surface area contributed by atoms with Gasteiger partial charge in [0.2, 0.25) is 0 Å². The summed E-state index contributed by atoms with van der Waals surface area (Å²) in [5.74, 6) is -0.361. The van der Waals surface area contributed by atoms with Crippen molar-refractivity contribution in [1.29, 1.82) is 0 Å². The summed E-state index contributed by atoms with van der Waals surface area (Å²) in [7, 11) is 3.44. The first-order valence-corrected chi connectivity index (χ1v) is 11.1. The molecule has 1 N–H and O–H groups in total. The van der Waals surface area contributed by atoms with E-state index in [0.717, 1.165) is 35.2 Å². The molecule has 0 saturated heterocycles. The molecule has 180 valence electrons. The molecule has 1 aliphatic carbocycles. The van der Waals surface area contributed by atoms with Crippen LogP contribution < -0.4 is 10.1 Å². The van der Waals surface area contributed by atoms with Gasteiger partial charge in [-0.2, -0.15) is 5.10 Å². The number of halogens is 3. The maximum absolute atomic E-state index is 12.8. The van der Waals surface area contributed by atoms with Gasteiger partial charge in [-0.15, -0.1) is 13.2 Å². The standard InChI is InChI=1S/C25H27F3N4O2/c1-31(2)24(33)23-21-14-19(29-15-17-8-11-20(12-9-17)34-25(26,27)28)10-13-22(21)32(30-23)16-18-6-4-3-5-7-18/h3-9,11-12,19,29H,10,13-16H2,1-2H3. The Bertz CT molecular complexity index is 1130. The van der Waals surface area contributed by atoms with E-state index in [1.807, 2.05) is 35.0 Å². The summed E-state index contributed by atoms with van der Waals surface area (Å²) >= 11 is 0. The largest absolute Gasteiger partial charge is 0.573 e. The van der Waals surface area contributed by atoms with Gasteiger partial charge in [-0.3, -0.25) is 9.48 Å². The molecule has 2 aromatic carbocycles. The fourth-order valence-electron chi connectivity index (χ4n) is 4.20. The van der Waals surface area contributed by atoms with Gasteiger partial charge in [0.25, 0.3) is 5.91 Å². The number of nitrogens with one attached hydrogen (secondary N) is 1. The Hall–Kier alpha value is -3.33. The molecule has 34 heavy (non-hydrogen) atoms. The van der Waals surface area contributed by atoms with Crippen LogP contribution in [0.5, 0.6) is 5.75 Å². The predicted octanol–water partition coefficient (Wildman–Crippen LogP) is 4.18. The van der Waals surface area contributed by atoms with E-state index in [-0.39, 0.29) is 17.7 Å². The van der Waals surface area contributed by atoms with Crippen molar-refractivity contribution in [2.75, 3.05) is 14.1 Å². The van der Waals surface area contributed by atoms with E-state index in [9.17, 15) is 18.0 Å². The zero-order valence-corrected chi connectivity index (χ0v) is 19.1. The highest BCUT2D eigenvalue weighted by Gasteiger charge is 2.31. The van der Waals surface area contributed by atoms with Gasteiger partial charge in [0.15, 0.2) is 5.69 Å². The third kappa shape index (κ3) is 5.77. The van der Waals surface area contributed by atoms with Crippen molar-refractivity contribution in [3.63, 3.8) is 0 Å². The molecule has 0 aliphatic heterocycles. The Morgan fingerprint density at radius 3 is 2.47 bits per heavy atom. The summed E-state index contributed by atoms with van der Waals surface area (Å²) in [6.07, 6.45) is -2.38. The first-order valence-electron chi connectivity index (χ1n) is 11.1. The van der Waals surface area contributed by atoms with Gasteiger partial charge in [0.1, 0.15) is 5.75 Å². The molecule has 3 aromatic rings. The highest BCUT2D eigenvalue weighted by Crippen LogP contribution is 2.27.